The van der Waals surface area contributed by atoms with Crippen molar-refractivity contribution in [3.8, 4) is 0 Å². The fraction of sp³-hybridized carbons (Fsp3) is 0.318. The zero-order valence-corrected chi connectivity index (χ0v) is 15.5. The standard InChI is InChI=1S/C22H27N3/c1-16-7-11-21(12-8-16)23-19(4)24-22-15-20(10-9-17(22)2)18(3)25-13-5-6-14-25/h7-12,15H,3,5-6,13-14H2,1-2,4H3,(H,23,24). The highest BCUT2D eigenvalue weighted by Crippen LogP contribution is 2.28. The first kappa shape index (κ1) is 17.3. The summed E-state index contributed by atoms with van der Waals surface area (Å²) in [6, 6.07) is 14.8. The topological polar surface area (TPSA) is 27.6 Å². The van der Waals surface area contributed by atoms with Crippen LogP contribution in [0.1, 0.15) is 36.5 Å². The molecule has 1 aliphatic heterocycles. The number of benzene rings is 2. The quantitative estimate of drug-likeness (QED) is 0.588. The van der Waals surface area contributed by atoms with Crippen LogP contribution >= 0.6 is 0 Å². The average molecular weight is 333 g/mol. The van der Waals surface area contributed by atoms with Gasteiger partial charge in [-0.25, -0.2) is 4.99 Å². The highest BCUT2D eigenvalue weighted by molar-refractivity contribution is 5.95. The first-order chi connectivity index (χ1) is 12.0. The minimum atomic E-state index is 0.885. The Morgan fingerprint density at radius 1 is 1.04 bits per heavy atom. The van der Waals surface area contributed by atoms with Crippen LogP contribution in [0.3, 0.4) is 0 Å². The Kier molecular flexibility index (Phi) is 5.22. The van der Waals surface area contributed by atoms with Crippen LogP contribution in [0.25, 0.3) is 5.70 Å². The van der Waals surface area contributed by atoms with Gasteiger partial charge in [-0.3, -0.25) is 0 Å². The van der Waals surface area contributed by atoms with E-state index < -0.39 is 0 Å². The number of nitrogens with one attached hydrogen (secondary N) is 1. The van der Waals surface area contributed by atoms with Crippen molar-refractivity contribution in [2.45, 2.75) is 33.6 Å². The van der Waals surface area contributed by atoms with Crippen LogP contribution in [0.5, 0.6) is 0 Å². The van der Waals surface area contributed by atoms with Gasteiger partial charge in [0.05, 0.1) is 5.69 Å². The molecular formula is C22H27N3. The van der Waals surface area contributed by atoms with E-state index in [4.69, 9.17) is 4.99 Å². The van der Waals surface area contributed by atoms with Crippen LogP contribution in [0.15, 0.2) is 54.0 Å². The molecule has 2 aromatic rings. The molecule has 0 radical (unpaired) electrons. The number of aryl methyl sites for hydroxylation is 2. The molecule has 1 aliphatic rings. The second-order valence-corrected chi connectivity index (χ2v) is 6.83. The molecular weight excluding hydrogens is 306 g/mol. The predicted molar refractivity (Wildman–Crippen MR) is 109 cm³/mol. The van der Waals surface area contributed by atoms with Gasteiger partial charge in [-0.1, -0.05) is 36.4 Å². The van der Waals surface area contributed by atoms with E-state index in [0.29, 0.717) is 0 Å². The molecule has 2 aromatic carbocycles. The molecule has 0 saturated carbocycles. The number of likely N-dealkylation sites (tertiary alicyclic amines) is 1. The first-order valence-corrected chi connectivity index (χ1v) is 8.97. The summed E-state index contributed by atoms with van der Waals surface area (Å²) in [5.41, 5.74) is 6.75. The Bertz CT molecular complexity index is 781. The zero-order chi connectivity index (χ0) is 17.8. The Morgan fingerprint density at radius 3 is 2.40 bits per heavy atom. The number of nitrogens with zero attached hydrogens (tertiary/aromatic N) is 2. The van der Waals surface area contributed by atoms with Gasteiger partial charge in [0.1, 0.15) is 5.84 Å². The number of hydrogen-bond donors (Lipinski definition) is 1. The summed E-state index contributed by atoms with van der Waals surface area (Å²) < 4.78 is 0. The zero-order valence-electron chi connectivity index (χ0n) is 15.5. The van der Waals surface area contributed by atoms with Crippen molar-refractivity contribution in [2.24, 2.45) is 4.99 Å². The molecule has 1 fully saturated rings. The Balaban J connectivity index is 1.79. The predicted octanol–water partition coefficient (Wildman–Crippen LogP) is 5.53. The number of amidine groups is 1. The van der Waals surface area contributed by atoms with Gasteiger partial charge in [0.25, 0.3) is 0 Å². The molecule has 0 aliphatic carbocycles. The Morgan fingerprint density at radius 2 is 1.72 bits per heavy atom. The summed E-state index contributed by atoms with van der Waals surface area (Å²) in [5.74, 6) is 0.885. The van der Waals surface area contributed by atoms with Crippen molar-refractivity contribution in [3.63, 3.8) is 0 Å². The van der Waals surface area contributed by atoms with E-state index in [1.54, 1.807) is 0 Å². The van der Waals surface area contributed by atoms with Crippen molar-refractivity contribution in [1.82, 2.24) is 4.90 Å². The minimum absolute atomic E-state index is 0.885. The van der Waals surface area contributed by atoms with Gasteiger partial charge in [-0.15, -0.1) is 0 Å². The maximum absolute atomic E-state index is 4.79. The first-order valence-electron chi connectivity index (χ1n) is 8.97. The third-order valence-corrected chi connectivity index (χ3v) is 4.70. The smallest absolute Gasteiger partial charge is 0.103 e. The van der Waals surface area contributed by atoms with E-state index in [-0.39, 0.29) is 0 Å². The lowest BCUT2D eigenvalue weighted by Gasteiger charge is -2.21. The molecule has 0 amide bonds. The van der Waals surface area contributed by atoms with E-state index in [0.717, 1.165) is 41.6 Å². The van der Waals surface area contributed by atoms with Gasteiger partial charge in [0.2, 0.25) is 0 Å². The summed E-state index contributed by atoms with van der Waals surface area (Å²) in [6.45, 7) is 12.7. The van der Waals surface area contributed by atoms with Gasteiger partial charge in [0, 0.05) is 24.5 Å². The fourth-order valence-corrected chi connectivity index (χ4v) is 3.13. The SMILES string of the molecule is C=C(c1ccc(C)c(N=C(C)Nc2ccc(C)cc2)c1)N1CCCC1. The average Bonchev–Trinajstić information content (AvgIpc) is 3.13. The lowest BCUT2D eigenvalue weighted by molar-refractivity contribution is 0.494. The van der Waals surface area contributed by atoms with Crippen LogP contribution in [-0.2, 0) is 0 Å². The molecule has 0 unspecified atom stereocenters. The van der Waals surface area contributed by atoms with Crippen molar-refractivity contribution in [1.29, 1.82) is 0 Å². The Hall–Kier alpha value is -2.55. The van der Waals surface area contributed by atoms with Crippen molar-refractivity contribution < 1.29 is 0 Å². The van der Waals surface area contributed by atoms with E-state index in [1.807, 2.05) is 6.92 Å². The molecule has 25 heavy (non-hydrogen) atoms. The van der Waals surface area contributed by atoms with Crippen LogP contribution in [0.4, 0.5) is 11.4 Å². The molecule has 0 spiro atoms. The fourth-order valence-electron chi connectivity index (χ4n) is 3.13. The summed E-state index contributed by atoms with van der Waals surface area (Å²) in [4.78, 5) is 7.16. The van der Waals surface area contributed by atoms with Crippen molar-refractivity contribution in [2.75, 3.05) is 18.4 Å². The summed E-state index contributed by atoms with van der Waals surface area (Å²) in [7, 11) is 0. The van der Waals surface area contributed by atoms with Crippen LogP contribution in [-0.4, -0.2) is 23.8 Å². The summed E-state index contributed by atoms with van der Waals surface area (Å²) in [6.07, 6.45) is 2.52. The van der Waals surface area contributed by atoms with Crippen molar-refractivity contribution in [3.05, 3.63) is 65.7 Å². The molecule has 1 heterocycles. The highest BCUT2D eigenvalue weighted by Gasteiger charge is 2.15. The number of anilines is 1. The molecule has 1 N–H and O–H groups in total. The Labute approximate surface area is 151 Å². The minimum Gasteiger partial charge on any atom is -0.372 e. The van der Waals surface area contributed by atoms with Gasteiger partial charge in [-0.2, -0.15) is 0 Å². The van der Waals surface area contributed by atoms with Crippen LogP contribution in [0.2, 0.25) is 0 Å². The third kappa shape index (κ3) is 4.30. The van der Waals surface area contributed by atoms with Gasteiger partial charge in [0.15, 0.2) is 0 Å². The maximum Gasteiger partial charge on any atom is 0.103 e. The molecule has 0 atom stereocenters. The lowest BCUT2D eigenvalue weighted by atomic mass is 10.1. The molecule has 3 rings (SSSR count). The van der Waals surface area contributed by atoms with Crippen LogP contribution in [0, 0.1) is 13.8 Å². The van der Waals surface area contributed by atoms with Crippen LogP contribution < -0.4 is 5.32 Å². The molecule has 130 valence electrons. The molecule has 3 nitrogen and oxygen atoms in total. The maximum atomic E-state index is 4.79. The number of rotatable bonds is 4. The van der Waals surface area contributed by atoms with E-state index in [9.17, 15) is 0 Å². The number of aliphatic imine (C=N–C) groups is 1. The molecule has 0 aromatic heterocycles. The van der Waals surface area contributed by atoms with E-state index in [1.165, 1.54) is 24.0 Å². The number of hydrogen-bond acceptors (Lipinski definition) is 2. The monoisotopic (exact) mass is 333 g/mol. The normalized spacial score (nSPS) is 14.7. The second kappa shape index (κ2) is 7.56. The lowest BCUT2D eigenvalue weighted by Crippen LogP contribution is -2.16. The second-order valence-electron chi connectivity index (χ2n) is 6.83. The third-order valence-electron chi connectivity index (χ3n) is 4.70. The highest BCUT2D eigenvalue weighted by atomic mass is 15.1. The summed E-state index contributed by atoms with van der Waals surface area (Å²) in [5, 5.41) is 3.37. The van der Waals surface area contributed by atoms with E-state index >= 15 is 0 Å². The summed E-state index contributed by atoms with van der Waals surface area (Å²) >= 11 is 0. The largest absolute Gasteiger partial charge is 0.372 e. The molecule has 3 heteroatoms. The van der Waals surface area contributed by atoms with E-state index in [2.05, 4.69) is 73.1 Å². The van der Waals surface area contributed by atoms with Gasteiger partial charge in [-0.05, 0) is 62.9 Å². The molecule has 0 bridgehead atoms. The van der Waals surface area contributed by atoms with Gasteiger partial charge >= 0.3 is 0 Å². The molecule has 1 saturated heterocycles. The van der Waals surface area contributed by atoms with Crippen molar-refractivity contribution >= 4 is 22.9 Å². The van der Waals surface area contributed by atoms with Gasteiger partial charge < -0.3 is 10.2 Å².